The minimum absolute atomic E-state index is 0.0936. The Labute approximate surface area is 132 Å². The predicted octanol–water partition coefficient (Wildman–Crippen LogP) is 4.22. The van der Waals surface area contributed by atoms with Gasteiger partial charge in [-0.05, 0) is 37.6 Å². The van der Waals surface area contributed by atoms with E-state index >= 15 is 0 Å². The molecule has 1 saturated heterocycles. The molecule has 1 aromatic rings. The van der Waals surface area contributed by atoms with E-state index in [1.807, 2.05) is 17.8 Å². The van der Waals surface area contributed by atoms with Crippen molar-refractivity contribution in [2.75, 3.05) is 24.5 Å². The fourth-order valence-electron chi connectivity index (χ4n) is 2.90. The van der Waals surface area contributed by atoms with E-state index in [1.165, 1.54) is 0 Å². The van der Waals surface area contributed by atoms with Crippen LogP contribution >= 0.6 is 11.8 Å². The summed E-state index contributed by atoms with van der Waals surface area (Å²) in [5.74, 6) is -0.0936. The highest BCUT2D eigenvalue weighted by molar-refractivity contribution is 8.00. The number of nitrogens with zero attached hydrogens (tertiary/aromatic N) is 1. The van der Waals surface area contributed by atoms with Gasteiger partial charge in [-0.3, -0.25) is 0 Å². The normalized spacial score (nSPS) is 24.1. The number of nitrogens with one attached hydrogen (secondary N) is 1. The lowest BCUT2D eigenvalue weighted by atomic mass is 10.1. The van der Waals surface area contributed by atoms with Crippen LogP contribution in [0.15, 0.2) is 18.2 Å². The van der Waals surface area contributed by atoms with Crippen molar-refractivity contribution in [3.63, 3.8) is 0 Å². The van der Waals surface area contributed by atoms with Crippen LogP contribution in [0.25, 0.3) is 0 Å². The van der Waals surface area contributed by atoms with Gasteiger partial charge in [0.25, 0.3) is 0 Å². The van der Waals surface area contributed by atoms with Crippen LogP contribution in [0.3, 0.4) is 0 Å². The fourth-order valence-corrected chi connectivity index (χ4v) is 4.23. The van der Waals surface area contributed by atoms with Crippen LogP contribution < -0.4 is 10.2 Å². The van der Waals surface area contributed by atoms with Gasteiger partial charge in [0.1, 0.15) is 5.82 Å². The van der Waals surface area contributed by atoms with Crippen LogP contribution in [-0.4, -0.2) is 30.1 Å². The van der Waals surface area contributed by atoms with E-state index in [9.17, 15) is 4.39 Å². The summed E-state index contributed by atoms with van der Waals surface area (Å²) in [5, 5.41) is 4.51. The molecule has 1 aliphatic heterocycles. The molecule has 1 heterocycles. The lowest BCUT2D eigenvalue weighted by molar-refractivity contribution is 0.560. The maximum absolute atomic E-state index is 14.5. The highest BCUT2D eigenvalue weighted by Crippen LogP contribution is 2.31. The molecule has 0 saturated carbocycles. The molecule has 1 fully saturated rings. The molecular weight excluding hydrogens is 283 g/mol. The molecule has 0 radical (unpaired) electrons. The second-order valence-electron chi connectivity index (χ2n) is 6.05. The monoisotopic (exact) mass is 310 g/mol. The van der Waals surface area contributed by atoms with Crippen molar-refractivity contribution in [1.29, 1.82) is 0 Å². The molecule has 0 amide bonds. The number of rotatable bonds is 5. The number of hydrogen-bond donors (Lipinski definition) is 1. The highest BCUT2D eigenvalue weighted by atomic mass is 32.2. The summed E-state index contributed by atoms with van der Waals surface area (Å²) in [4.78, 5) is 2.19. The van der Waals surface area contributed by atoms with Crippen LogP contribution in [0.2, 0.25) is 0 Å². The van der Waals surface area contributed by atoms with Crippen LogP contribution in [-0.2, 0) is 0 Å². The largest absolute Gasteiger partial charge is 0.367 e. The van der Waals surface area contributed by atoms with E-state index in [-0.39, 0.29) is 11.9 Å². The lowest BCUT2D eigenvalue weighted by Crippen LogP contribution is -2.40. The number of benzene rings is 1. The zero-order valence-corrected chi connectivity index (χ0v) is 14.3. The molecule has 2 rings (SSSR count). The van der Waals surface area contributed by atoms with Crippen molar-refractivity contribution < 1.29 is 4.39 Å². The maximum Gasteiger partial charge on any atom is 0.146 e. The van der Waals surface area contributed by atoms with Crippen molar-refractivity contribution in [2.45, 2.75) is 50.7 Å². The molecule has 0 bridgehead atoms. The second kappa shape index (κ2) is 7.50. The summed E-state index contributed by atoms with van der Waals surface area (Å²) in [6, 6.07) is 5.90. The van der Waals surface area contributed by atoms with Gasteiger partial charge in [-0.2, -0.15) is 11.8 Å². The fraction of sp³-hybridized carbons (Fsp3) is 0.647. The summed E-state index contributed by atoms with van der Waals surface area (Å²) in [6.07, 6.45) is 1.09. The van der Waals surface area contributed by atoms with E-state index in [4.69, 9.17) is 0 Å². The average molecular weight is 310 g/mol. The van der Waals surface area contributed by atoms with Gasteiger partial charge < -0.3 is 10.2 Å². The average Bonchev–Trinajstić information content (AvgIpc) is 2.43. The van der Waals surface area contributed by atoms with E-state index in [0.717, 1.165) is 37.3 Å². The quantitative estimate of drug-likeness (QED) is 0.877. The SMILES string of the molecule is CCCNC(C)c1ccc(N2CC(C)SC(C)C2)c(F)c1. The van der Waals surface area contributed by atoms with Crippen molar-refractivity contribution >= 4 is 17.4 Å². The third kappa shape index (κ3) is 4.36. The van der Waals surface area contributed by atoms with Gasteiger partial charge in [-0.25, -0.2) is 4.39 Å². The van der Waals surface area contributed by atoms with Gasteiger partial charge in [0.15, 0.2) is 0 Å². The Morgan fingerprint density at radius 3 is 2.57 bits per heavy atom. The first-order chi connectivity index (χ1) is 10.0. The van der Waals surface area contributed by atoms with Crippen LogP contribution in [0.5, 0.6) is 0 Å². The summed E-state index contributed by atoms with van der Waals surface area (Å²) in [7, 11) is 0. The molecule has 1 aliphatic rings. The predicted molar refractivity (Wildman–Crippen MR) is 91.8 cm³/mol. The van der Waals surface area contributed by atoms with Gasteiger partial charge in [0, 0.05) is 29.6 Å². The third-order valence-electron chi connectivity index (χ3n) is 3.93. The molecule has 0 aromatic heterocycles. The molecule has 0 spiro atoms. The first-order valence-corrected chi connectivity index (χ1v) is 8.88. The van der Waals surface area contributed by atoms with Crippen LogP contribution in [0.4, 0.5) is 10.1 Å². The van der Waals surface area contributed by atoms with Crippen molar-refractivity contribution in [3.8, 4) is 0 Å². The smallest absolute Gasteiger partial charge is 0.146 e. The Kier molecular flexibility index (Phi) is 5.94. The summed E-state index contributed by atoms with van der Waals surface area (Å²) >= 11 is 1.99. The maximum atomic E-state index is 14.5. The second-order valence-corrected chi connectivity index (χ2v) is 7.93. The Bertz CT molecular complexity index is 456. The Morgan fingerprint density at radius 2 is 2.00 bits per heavy atom. The van der Waals surface area contributed by atoms with E-state index in [1.54, 1.807) is 6.07 Å². The van der Waals surface area contributed by atoms with E-state index in [0.29, 0.717) is 10.5 Å². The summed E-state index contributed by atoms with van der Waals surface area (Å²) in [5.41, 5.74) is 1.78. The molecule has 118 valence electrons. The molecule has 3 unspecified atom stereocenters. The molecule has 3 atom stereocenters. The first kappa shape index (κ1) is 16.6. The van der Waals surface area contributed by atoms with E-state index < -0.39 is 0 Å². The summed E-state index contributed by atoms with van der Waals surface area (Å²) in [6.45, 7) is 11.5. The van der Waals surface area contributed by atoms with Gasteiger partial charge in [-0.1, -0.05) is 26.8 Å². The molecule has 21 heavy (non-hydrogen) atoms. The molecule has 1 N–H and O–H groups in total. The molecule has 2 nitrogen and oxygen atoms in total. The minimum Gasteiger partial charge on any atom is -0.367 e. The molecule has 4 heteroatoms. The standard InChI is InChI=1S/C17H27FN2S/c1-5-8-19-14(4)15-6-7-17(16(18)9-15)20-10-12(2)21-13(3)11-20/h6-7,9,12-14,19H,5,8,10-11H2,1-4H3. The van der Waals surface area contributed by atoms with Crippen molar-refractivity contribution in [2.24, 2.45) is 0 Å². The molecule has 1 aromatic carbocycles. The minimum atomic E-state index is -0.0936. The zero-order valence-electron chi connectivity index (χ0n) is 13.5. The Morgan fingerprint density at radius 1 is 1.33 bits per heavy atom. The molecule has 0 aliphatic carbocycles. The first-order valence-electron chi connectivity index (χ1n) is 7.94. The van der Waals surface area contributed by atoms with Gasteiger partial charge >= 0.3 is 0 Å². The van der Waals surface area contributed by atoms with Gasteiger partial charge in [0.05, 0.1) is 5.69 Å². The number of hydrogen-bond acceptors (Lipinski definition) is 3. The molecular formula is C17H27FN2S. The van der Waals surface area contributed by atoms with Crippen molar-refractivity contribution in [1.82, 2.24) is 5.32 Å². The summed E-state index contributed by atoms with van der Waals surface area (Å²) < 4.78 is 14.5. The topological polar surface area (TPSA) is 15.3 Å². The highest BCUT2D eigenvalue weighted by Gasteiger charge is 2.24. The Balaban J connectivity index is 2.11. The number of halogens is 1. The van der Waals surface area contributed by atoms with Gasteiger partial charge in [0.2, 0.25) is 0 Å². The van der Waals surface area contributed by atoms with Crippen molar-refractivity contribution in [3.05, 3.63) is 29.6 Å². The number of anilines is 1. The van der Waals surface area contributed by atoms with Gasteiger partial charge in [-0.15, -0.1) is 0 Å². The third-order valence-corrected chi connectivity index (χ3v) is 5.16. The Hall–Kier alpha value is -0.740. The number of thioether (sulfide) groups is 1. The lowest BCUT2D eigenvalue weighted by Gasteiger charge is -2.36. The van der Waals surface area contributed by atoms with E-state index in [2.05, 4.69) is 44.0 Å². The van der Waals surface area contributed by atoms with Crippen LogP contribution in [0, 0.1) is 5.82 Å². The zero-order chi connectivity index (χ0) is 15.4. The van der Waals surface area contributed by atoms with Crippen LogP contribution in [0.1, 0.15) is 45.7 Å².